The van der Waals surface area contributed by atoms with Crippen LogP contribution in [0, 0.1) is 5.82 Å². The van der Waals surface area contributed by atoms with Crippen molar-refractivity contribution in [2.45, 2.75) is 19.9 Å². The van der Waals surface area contributed by atoms with E-state index in [1.807, 2.05) is 13.8 Å². The molecule has 15 heavy (non-hydrogen) atoms. The summed E-state index contributed by atoms with van der Waals surface area (Å²) < 4.78 is 14.7. The molecule has 0 aliphatic rings. The van der Waals surface area contributed by atoms with Crippen molar-refractivity contribution < 1.29 is 4.39 Å². The van der Waals surface area contributed by atoms with Gasteiger partial charge in [0.2, 0.25) is 0 Å². The molecule has 0 spiro atoms. The molecule has 1 heterocycles. The molecule has 0 saturated heterocycles. The molecule has 1 N–H and O–H groups in total. The van der Waals surface area contributed by atoms with Crippen molar-refractivity contribution >= 4 is 22.5 Å². The highest BCUT2D eigenvalue weighted by Gasteiger charge is 2.08. The lowest BCUT2D eigenvalue weighted by Crippen LogP contribution is -2.21. The second-order valence-electron chi connectivity index (χ2n) is 3.79. The summed E-state index contributed by atoms with van der Waals surface area (Å²) in [5.41, 5.74) is 4.06. The van der Waals surface area contributed by atoms with Crippen LogP contribution in [0.2, 0.25) is 5.15 Å². The minimum absolute atomic E-state index is 0.249. The van der Waals surface area contributed by atoms with Gasteiger partial charge in [-0.25, -0.2) is 9.07 Å². The topological polar surface area (TPSA) is 17.0 Å². The lowest BCUT2D eigenvalue weighted by Gasteiger charge is -2.13. The lowest BCUT2D eigenvalue weighted by molar-refractivity contribution is 0.629. The number of rotatable bonds is 2. The van der Waals surface area contributed by atoms with Crippen LogP contribution < -0.4 is 5.43 Å². The molecule has 0 fully saturated rings. The Labute approximate surface area is 92.6 Å². The largest absolute Gasteiger partial charge is 0.322 e. The molecule has 2 nitrogen and oxygen atoms in total. The summed E-state index contributed by atoms with van der Waals surface area (Å²) in [7, 11) is 0. The number of hydrogen-bond donors (Lipinski definition) is 1. The molecule has 0 radical (unpaired) electrons. The minimum Gasteiger partial charge on any atom is -0.322 e. The van der Waals surface area contributed by atoms with E-state index >= 15 is 0 Å². The lowest BCUT2D eigenvalue weighted by atomic mass is 10.2. The zero-order valence-electron chi connectivity index (χ0n) is 8.59. The van der Waals surface area contributed by atoms with Gasteiger partial charge < -0.3 is 5.43 Å². The predicted molar refractivity (Wildman–Crippen MR) is 61.4 cm³/mol. The zero-order valence-corrected chi connectivity index (χ0v) is 9.35. The van der Waals surface area contributed by atoms with Crippen molar-refractivity contribution in [3.63, 3.8) is 0 Å². The molecule has 0 unspecified atom stereocenters. The van der Waals surface area contributed by atoms with Crippen LogP contribution in [0.1, 0.15) is 13.8 Å². The summed E-state index contributed by atoms with van der Waals surface area (Å²) in [4.78, 5) is 0. The van der Waals surface area contributed by atoms with Crippen LogP contribution in [0.25, 0.3) is 10.9 Å². The summed E-state index contributed by atoms with van der Waals surface area (Å²) in [6, 6.07) is 6.63. The molecular formula is C11H12ClFN2. The van der Waals surface area contributed by atoms with Crippen LogP contribution >= 0.6 is 11.6 Å². The third kappa shape index (κ3) is 1.92. The second-order valence-corrected chi connectivity index (χ2v) is 4.18. The van der Waals surface area contributed by atoms with Gasteiger partial charge in [0.05, 0.1) is 5.52 Å². The van der Waals surface area contributed by atoms with E-state index in [-0.39, 0.29) is 11.9 Å². The van der Waals surface area contributed by atoms with Crippen LogP contribution in [0.4, 0.5) is 4.39 Å². The van der Waals surface area contributed by atoms with Crippen molar-refractivity contribution in [2.75, 3.05) is 5.43 Å². The standard InChI is InChI=1S/C11H12ClFN2/c1-7(2)14-15-10-4-3-9(13)5-8(10)6-11(15)12/h3-7,14H,1-2H3. The highest BCUT2D eigenvalue weighted by atomic mass is 35.5. The summed E-state index contributed by atoms with van der Waals surface area (Å²) >= 11 is 6.04. The number of aromatic nitrogens is 1. The zero-order chi connectivity index (χ0) is 11.0. The van der Waals surface area contributed by atoms with Gasteiger partial charge >= 0.3 is 0 Å². The Balaban J connectivity index is 2.58. The van der Waals surface area contributed by atoms with Crippen LogP contribution in [0.15, 0.2) is 24.3 Å². The average molecular weight is 227 g/mol. The summed E-state index contributed by atoms with van der Waals surface area (Å²) in [6.07, 6.45) is 0. The maximum atomic E-state index is 13.0. The molecule has 0 saturated carbocycles. The first-order chi connectivity index (χ1) is 7.08. The molecule has 0 amide bonds. The fourth-order valence-corrected chi connectivity index (χ4v) is 1.80. The highest BCUT2D eigenvalue weighted by molar-refractivity contribution is 6.31. The maximum absolute atomic E-state index is 13.0. The highest BCUT2D eigenvalue weighted by Crippen LogP contribution is 2.23. The van der Waals surface area contributed by atoms with Gasteiger partial charge in [0.1, 0.15) is 11.0 Å². The summed E-state index contributed by atoms with van der Waals surface area (Å²) in [5, 5.41) is 1.36. The maximum Gasteiger partial charge on any atom is 0.129 e. The number of halogens is 2. The first-order valence-corrected chi connectivity index (χ1v) is 5.19. The van der Waals surface area contributed by atoms with Crippen LogP contribution in [0.3, 0.4) is 0 Å². The van der Waals surface area contributed by atoms with E-state index in [1.54, 1.807) is 16.8 Å². The Kier molecular flexibility index (Phi) is 2.57. The fourth-order valence-electron chi connectivity index (χ4n) is 1.54. The van der Waals surface area contributed by atoms with E-state index in [4.69, 9.17) is 11.6 Å². The molecule has 2 aromatic rings. The van der Waals surface area contributed by atoms with Crippen LogP contribution in [-0.2, 0) is 0 Å². The van der Waals surface area contributed by atoms with Crippen LogP contribution in [0.5, 0.6) is 0 Å². The average Bonchev–Trinajstić information content (AvgIpc) is 2.41. The first-order valence-electron chi connectivity index (χ1n) is 4.81. The van der Waals surface area contributed by atoms with E-state index in [1.165, 1.54) is 12.1 Å². The van der Waals surface area contributed by atoms with E-state index in [9.17, 15) is 4.39 Å². The van der Waals surface area contributed by atoms with E-state index in [0.717, 1.165) is 10.9 Å². The predicted octanol–water partition coefficient (Wildman–Crippen LogP) is 3.39. The minimum atomic E-state index is -0.249. The van der Waals surface area contributed by atoms with E-state index in [0.29, 0.717) is 5.15 Å². The van der Waals surface area contributed by atoms with Gasteiger partial charge in [0.25, 0.3) is 0 Å². The van der Waals surface area contributed by atoms with Gasteiger partial charge in [-0.2, -0.15) is 0 Å². The van der Waals surface area contributed by atoms with Gasteiger partial charge in [-0.15, -0.1) is 0 Å². The normalized spacial score (nSPS) is 11.3. The Bertz CT molecular complexity index is 491. The van der Waals surface area contributed by atoms with Crippen molar-refractivity contribution in [3.05, 3.63) is 35.2 Å². The first kappa shape index (κ1) is 10.3. The Morgan fingerprint density at radius 3 is 2.73 bits per heavy atom. The third-order valence-corrected chi connectivity index (χ3v) is 2.38. The van der Waals surface area contributed by atoms with Crippen molar-refractivity contribution in [2.24, 2.45) is 0 Å². The fraction of sp³-hybridized carbons (Fsp3) is 0.273. The van der Waals surface area contributed by atoms with Gasteiger partial charge in [-0.1, -0.05) is 11.6 Å². The van der Waals surface area contributed by atoms with Crippen molar-refractivity contribution in [1.82, 2.24) is 4.68 Å². The van der Waals surface area contributed by atoms with Gasteiger partial charge in [-0.3, -0.25) is 0 Å². The molecule has 0 bridgehead atoms. The number of nitrogens with one attached hydrogen (secondary N) is 1. The molecule has 1 aromatic carbocycles. The monoisotopic (exact) mass is 226 g/mol. The molecule has 0 atom stereocenters. The number of hydrogen-bond acceptors (Lipinski definition) is 1. The van der Waals surface area contributed by atoms with Crippen molar-refractivity contribution in [3.8, 4) is 0 Å². The van der Waals surface area contributed by atoms with Gasteiger partial charge in [-0.05, 0) is 38.1 Å². The number of fused-ring (bicyclic) bond motifs is 1. The molecule has 2 rings (SSSR count). The van der Waals surface area contributed by atoms with E-state index < -0.39 is 0 Å². The van der Waals surface area contributed by atoms with Gasteiger partial charge in [0.15, 0.2) is 0 Å². The smallest absolute Gasteiger partial charge is 0.129 e. The number of nitrogens with zero attached hydrogens (tertiary/aromatic N) is 1. The Morgan fingerprint density at radius 2 is 2.07 bits per heavy atom. The Hall–Kier alpha value is -1.22. The SMILES string of the molecule is CC(C)Nn1c(Cl)cc2cc(F)ccc21. The Morgan fingerprint density at radius 1 is 1.33 bits per heavy atom. The second kappa shape index (κ2) is 3.74. The third-order valence-electron chi connectivity index (χ3n) is 2.11. The van der Waals surface area contributed by atoms with E-state index in [2.05, 4.69) is 5.43 Å². The van der Waals surface area contributed by atoms with Crippen LogP contribution in [-0.4, -0.2) is 10.7 Å². The molecule has 0 aliphatic heterocycles. The summed E-state index contributed by atoms with van der Waals surface area (Å²) in [5.74, 6) is -0.249. The number of benzene rings is 1. The van der Waals surface area contributed by atoms with Gasteiger partial charge in [0, 0.05) is 11.4 Å². The molecular weight excluding hydrogens is 215 g/mol. The quantitative estimate of drug-likeness (QED) is 0.831. The molecule has 4 heteroatoms. The molecule has 80 valence electrons. The summed E-state index contributed by atoms with van der Waals surface area (Å²) in [6.45, 7) is 4.04. The molecule has 1 aromatic heterocycles. The van der Waals surface area contributed by atoms with Crippen molar-refractivity contribution in [1.29, 1.82) is 0 Å². The molecule has 0 aliphatic carbocycles.